The number of aliphatic imine (C=N–C) groups is 1. The maximum atomic E-state index is 14.3. The van der Waals surface area contributed by atoms with Gasteiger partial charge < -0.3 is 16.8 Å². The van der Waals surface area contributed by atoms with Crippen molar-refractivity contribution in [2.24, 2.45) is 10.7 Å². The lowest BCUT2D eigenvalue weighted by molar-refractivity contribution is 0.100. The van der Waals surface area contributed by atoms with Gasteiger partial charge in [0.15, 0.2) is 0 Å². The van der Waals surface area contributed by atoms with Crippen LogP contribution < -0.4 is 16.8 Å². The molecule has 2 aromatic carbocycles. The van der Waals surface area contributed by atoms with Gasteiger partial charge in [-0.2, -0.15) is 0 Å². The summed E-state index contributed by atoms with van der Waals surface area (Å²) in [6.45, 7) is 0.956. The van der Waals surface area contributed by atoms with Gasteiger partial charge in [0.2, 0.25) is 0 Å². The van der Waals surface area contributed by atoms with Crippen LogP contribution in [0.4, 0.5) is 20.2 Å². The third-order valence-corrected chi connectivity index (χ3v) is 4.75. The summed E-state index contributed by atoms with van der Waals surface area (Å²) in [5, 5.41) is 2.03. The maximum Gasteiger partial charge on any atom is 0.250 e. The molecule has 2 radical (unpaired) electrons. The number of amides is 1. The largest absolute Gasteiger partial charge is 0.398 e. The van der Waals surface area contributed by atoms with Gasteiger partial charge in [-0.3, -0.25) is 9.79 Å². The van der Waals surface area contributed by atoms with E-state index in [-0.39, 0.29) is 16.8 Å². The van der Waals surface area contributed by atoms with Crippen LogP contribution in [0.25, 0.3) is 0 Å². The first-order valence-electron chi connectivity index (χ1n) is 8.48. The van der Waals surface area contributed by atoms with Crippen LogP contribution in [0.2, 0.25) is 0 Å². The summed E-state index contributed by atoms with van der Waals surface area (Å²) < 4.78 is 27.9. The number of nitrogens with zero attached hydrogens (tertiary/aromatic N) is 1. The molecule has 5 nitrogen and oxygen atoms in total. The average Bonchev–Trinajstić information content (AvgIpc) is 2.65. The lowest BCUT2D eigenvalue weighted by Crippen LogP contribution is -2.51. The van der Waals surface area contributed by atoms with Crippen molar-refractivity contribution in [3.63, 3.8) is 0 Å². The molecule has 0 aliphatic carbocycles. The Balaban J connectivity index is 1.84. The van der Waals surface area contributed by atoms with E-state index >= 15 is 0 Å². The Morgan fingerprint density at radius 3 is 2.67 bits per heavy atom. The lowest BCUT2D eigenvalue weighted by Gasteiger charge is -2.38. The lowest BCUT2D eigenvalue weighted by atomic mass is 9.59. The molecule has 0 bridgehead atoms. The molecule has 1 amide bonds. The highest BCUT2D eigenvalue weighted by Gasteiger charge is 2.37. The molecular weight excluding hydrogens is 349 g/mol. The van der Waals surface area contributed by atoms with Gasteiger partial charge in [0.1, 0.15) is 12.0 Å². The number of hydrogen-bond acceptors (Lipinski definition) is 4. The van der Waals surface area contributed by atoms with E-state index in [0.717, 1.165) is 12.1 Å². The molecule has 8 heteroatoms. The number of halogens is 2. The van der Waals surface area contributed by atoms with Crippen LogP contribution in [-0.2, 0) is 5.31 Å². The van der Waals surface area contributed by atoms with Crippen LogP contribution in [0, 0.1) is 5.82 Å². The first-order chi connectivity index (χ1) is 12.8. The summed E-state index contributed by atoms with van der Waals surface area (Å²) in [5.41, 5.74) is 12.4. The minimum atomic E-state index is -1.13. The molecule has 1 heterocycles. The van der Waals surface area contributed by atoms with Crippen LogP contribution >= 0.6 is 0 Å². The molecule has 0 spiro atoms. The second-order valence-corrected chi connectivity index (χ2v) is 6.60. The minimum absolute atomic E-state index is 0.0544. The number of piperidine rings is 1. The number of carbonyl (C=O) groups is 1. The van der Waals surface area contributed by atoms with E-state index in [9.17, 15) is 13.6 Å². The SMILES string of the molecule is [B]C1(c2ccc(N=Cc3cc(F)cc(C(N)=O)c3N)cc2)CNCCC1F. The predicted octanol–water partition coefficient (Wildman–Crippen LogP) is 1.95. The third kappa shape index (κ3) is 3.85. The highest BCUT2D eigenvalue weighted by molar-refractivity contribution is 6.16. The van der Waals surface area contributed by atoms with E-state index < -0.39 is 23.2 Å². The standard InChI is InChI=1S/C19H19BF2N4O/c20-19(10-25-6-5-16(19)22)12-1-3-14(4-2-12)26-9-11-7-13(21)8-15(17(11)23)18(24)27/h1-4,7-9,16,25H,5-6,10,23H2,(H2,24,27). The predicted molar refractivity (Wildman–Crippen MR) is 103 cm³/mol. The van der Waals surface area contributed by atoms with Crippen LogP contribution in [-0.4, -0.2) is 39.2 Å². The van der Waals surface area contributed by atoms with E-state index in [0.29, 0.717) is 30.8 Å². The summed E-state index contributed by atoms with van der Waals surface area (Å²) in [7, 11) is 6.24. The van der Waals surface area contributed by atoms with Gasteiger partial charge in [-0.05, 0) is 49.3 Å². The number of alkyl halides is 1. The van der Waals surface area contributed by atoms with Gasteiger partial charge >= 0.3 is 0 Å². The summed E-state index contributed by atoms with van der Waals surface area (Å²) >= 11 is 0. The zero-order valence-corrected chi connectivity index (χ0v) is 14.6. The molecule has 27 heavy (non-hydrogen) atoms. The van der Waals surface area contributed by atoms with E-state index in [1.54, 1.807) is 24.3 Å². The Morgan fingerprint density at radius 2 is 2.04 bits per heavy atom. The maximum absolute atomic E-state index is 14.3. The molecule has 1 aliphatic heterocycles. The summed E-state index contributed by atoms with van der Waals surface area (Å²) in [5.74, 6) is -1.46. The quantitative estimate of drug-likeness (QED) is 0.438. The Morgan fingerprint density at radius 1 is 1.33 bits per heavy atom. The third-order valence-electron chi connectivity index (χ3n) is 4.75. The van der Waals surface area contributed by atoms with E-state index in [4.69, 9.17) is 19.3 Å². The smallest absolute Gasteiger partial charge is 0.250 e. The van der Waals surface area contributed by atoms with Gasteiger partial charge in [-0.15, -0.1) is 0 Å². The van der Waals surface area contributed by atoms with Crippen molar-refractivity contribution < 1.29 is 13.6 Å². The van der Waals surface area contributed by atoms with Crippen molar-refractivity contribution in [3.05, 3.63) is 58.9 Å². The van der Waals surface area contributed by atoms with Crippen molar-refractivity contribution in [2.45, 2.75) is 17.9 Å². The summed E-state index contributed by atoms with van der Waals surface area (Å²) in [6.07, 6.45) is 0.572. The average molecular weight is 368 g/mol. The first kappa shape index (κ1) is 19.0. The zero-order chi connectivity index (χ0) is 19.6. The Hall–Kier alpha value is -2.74. The molecule has 5 N–H and O–H groups in total. The van der Waals surface area contributed by atoms with Crippen molar-refractivity contribution >= 4 is 31.3 Å². The van der Waals surface area contributed by atoms with Crippen LogP contribution in [0.3, 0.4) is 0 Å². The van der Waals surface area contributed by atoms with E-state index in [2.05, 4.69) is 10.3 Å². The van der Waals surface area contributed by atoms with Crippen molar-refractivity contribution in [2.75, 3.05) is 18.8 Å². The van der Waals surface area contributed by atoms with Crippen molar-refractivity contribution in [3.8, 4) is 0 Å². The molecule has 2 unspecified atom stereocenters. The van der Waals surface area contributed by atoms with Crippen molar-refractivity contribution in [1.82, 2.24) is 5.32 Å². The van der Waals surface area contributed by atoms with Gasteiger partial charge in [-0.25, -0.2) is 8.78 Å². The first-order valence-corrected chi connectivity index (χ1v) is 8.48. The highest BCUT2D eigenvalue weighted by atomic mass is 19.1. The molecule has 1 aliphatic rings. The molecule has 1 fully saturated rings. The monoisotopic (exact) mass is 368 g/mol. The second-order valence-electron chi connectivity index (χ2n) is 6.60. The number of nitrogens with one attached hydrogen (secondary N) is 1. The van der Waals surface area contributed by atoms with Crippen LogP contribution in [0.15, 0.2) is 41.4 Å². The van der Waals surface area contributed by atoms with E-state index in [1.807, 2.05) is 0 Å². The molecule has 1 saturated heterocycles. The number of anilines is 1. The molecule has 0 saturated carbocycles. The second kappa shape index (κ2) is 7.48. The van der Waals surface area contributed by atoms with Gasteiger partial charge in [0.05, 0.1) is 24.8 Å². The number of rotatable bonds is 4. The van der Waals surface area contributed by atoms with Gasteiger partial charge in [0, 0.05) is 17.1 Å². The van der Waals surface area contributed by atoms with E-state index in [1.165, 1.54) is 6.21 Å². The highest BCUT2D eigenvalue weighted by Crippen LogP contribution is 2.31. The zero-order valence-electron chi connectivity index (χ0n) is 14.6. The summed E-state index contributed by atoms with van der Waals surface area (Å²) in [6, 6.07) is 8.95. The number of carbonyl (C=O) groups excluding carboxylic acids is 1. The fourth-order valence-electron chi connectivity index (χ4n) is 3.13. The Labute approximate surface area is 157 Å². The normalized spacial score (nSPS) is 22.8. The summed E-state index contributed by atoms with van der Waals surface area (Å²) in [4.78, 5) is 15.6. The number of nitrogen functional groups attached to an aromatic ring is 1. The Bertz CT molecular complexity index is 888. The van der Waals surface area contributed by atoms with Crippen LogP contribution in [0.1, 0.15) is 27.9 Å². The van der Waals surface area contributed by atoms with Gasteiger partial charge in [-0.1, -0.05) is 12.1 Å². The minimum Gasteiger partial charge on any atom is -0.398 e. The number of hydrogen-bond donors (Lipinski definition) is 3. The Kier molecular flexibility index (Phi) is 5.27. The number of primary amides is 1. The molecule has 2 atom stereocenters. The number of nitrogens with two attached hydrogens (primary N) is 2. The van der Waals surface area contributed by atoms with Crippen LogP contribution in [0.5, 0.6) is 0 Å². The molecule has 138 valence electrons. The van der Waals surface area contributed by atoms with Gasteiger partial charge in [0.25, 0.3) is 5.91 Å². The molecule has 3 rings (SSSR count). The molecule has 2 aromatic rings. The fourth-order valence-corrected chi connectivity index (χ4v) is 3.13. The molecule has 0 aromatic heterocycles. The molecular formula is C19H19BF2N4O. The topological polar surface area (TPSA) is 93.5 Å². The fraction of sp³-hybridized carbons (Fsp3) is 0.263. The number of benzene rings is 2. The van der Waals surface area contributed by atoms with Crippen molar-refractivity contribution in [1.29, 1.82) is 0 Å².